The molecule has 0 spiro atoms. The number of hydrogen-bond donors (Lipinski definition) is 1. The number of nitrogens with zero attached hydrogens (tertiary/aromatic N) is 1. The van der Waals surface area contributed by atoms with Crippen molar-refractivity contribution < 1.29 is 0 Å². The molecule has 0 heterocycles. The van der Waals surface area contributed by atoms with E-state index in [0.717, 1.165) is 26.1 Å². The second kappa shape index (κ2) is 6.44. The Balaban J connectivity index is 3.51. The van der Waals surface area contributed by atoms with E-state index in [4.69, 9.17) is 5.73 Å². The summed E-state index contributed by atoms with van der Waals surface area (Å²) >= 11 is 0. The van der Waals surface area contributed by atoms with Crippen molar-refractivity contribution >= 4 is 0 Å². The van der Waals surface area contributed by atoms with Crippen molar-refractivity contribution in [1.82, 2.24) is 4.90 Å². The average molecular weight is 172 g/mol. The molecule has 0 aromatic carbocycles. The summed E-state index contributed by atoms with van der Waals surface area (Å²) in [4.78, 5) is 2.42. The lowest BCUT2D eigenvalue weighted by Gasteiger charge is -2.22. The summed E-state index contributed by atoms with van der Waals surface area (Å²) in [5.41, 5.74) is 5.95. The van der Waals surface area contributed by atoms with Crippen LogP contribution in [0.4, 0.5) is 0 Å². The number of rotatable bonds is 6. The van der Waals surface area contributed by atoms with E-state index in [0.29, 0.717) is 12.0 Å². The Kier molecular flexibility index (Phi) is 6.39. The first-order valence-corrected chi connectivity index (χ1v) is 5.09. The Morgan fingerprint density at radius 2 is 1.67 bits per heavy atom. The lowest BCUT2D eigenvalue weighted by atomic mass is 10.0. The van der Waals surface area contributed by atoms with Crippen molar-refractivity contribution in [2.45, 2.75) is 40.2 Å². The van der Waals surface area contributed by atoms with Gasteiger partial charge in [0.25, 0.3) is 0 Å². The summed E-state index contributed by atoms with van der Waals surface area (Å²) in [6, 6.07) is 0.366. The fourth-order valence-corrected chi connectivity index (χ4v) is 1.20. The van der Waals surface area contributed by atoms with Gasteiger partial charge in [0.2, 0.25) is 0 Å². The maximum Gasteiger partial charge on any atom is 0.00740 e. The van der Waals surface area contributed by atoms with E-state index < -0.39 is 0 Å². The zero-order valence-corrected chi connectivity index (χ0v) is 9.01. The van der Waals surface area contributed by atoms with Gasteiger partial charge in [0.15, 0.2) is 0 Å². The molecule has 0 saturated heterocycles. The van der Waals surface area contributed by atoms with E-state index in [1.807, 2.05) is 0 Å². The van der Waals surface area contributed by atoms with Crippen LogP contribution in [0.25, 0.3) is 0 Å². The first-order chi connectivity index (χ1) is 5.61. The van der Waals surface area contributed by atoms with Crippen molar-refractivity contribution in [3.8, 4) is 0 Å². The molecule has 1 atom stereocenters. The van der Waals surface area contributed by atoms with Crippen LogP contribution < -0.4 is 5.73 Å². The van der Waals surface area contributed by atoms with Crippen LogP contribution in [-0.4, -0.2) is 30.6 Å². The third-order valence-corrected chi connectivity index (χ3v) is 2.53. The van der Waals surface area contributed by atoms with Gasteiger partial charge in [-0.25, -0.2) is 0 Å². The van der Waals surface area contributed by atoms with E-state index in [1.165, 1.54) is 0 Å². The molecule has 2 nitrogen and oxygen atoms in total. The van der Waals surface area contributed by atoms with Gasteiger partial charge in [-0.1, -0.05) is 27.7 Å². The van der Waals surface area contributed by atoms with Crippen LogP contribution in [0.1, 0.15) is 34.1 Å². The standard InChI is InChI=1S/C10H24N2/c1-5-12(6-2)8-7-10(11)9(3)4/h9-10H,5-8,11H2,1-4H3/t10-/m0/s1. The summed E-state index contributed by atoms with van der Waals surface area (Å²) in [5, 5.41) is 0. The molecule has 0 rings (SSSR count). The highest BCUT2D eigenvalue weighted by Crippen LogP contribution is 2.03. The summed E-state index contributed by atoms with van der Waals surface area (Å²) in [6.07, 6.45) is 1.12. The van der Waals surface area contributed by atoms with Crippen LogP contribution in [0.15, 0.2) is 0 Å². The van der Waals surface area contributed by atoms with Crippen molar-refractivity contribution in [2.75, 3.05) is 19.6 Å². The van der Waals surface area contributed by atoms with Crippen LogP contribution in [0.3, 0.4) is 0 Å². The van der Waals surface area contributed by atoms with Crippen molar-refractivity contribution in [3.63, 3.8) is 0 Å². The van der Waals surface area contributed by atoms with Gasteiger partial charge < -0.3 is 10.6 Å². The average Bonchev–Trinajstić information content (AvgIpc) is 2.05. The highest BCUT2D eigenvalue weighted by Gasteiger charge is 2.08. The fraction of sp³-hybridized carbons (Fsp3) is 1.00. The predicted octanol–water partition coefficient (Wildman–Crippen LogP) is 1.70. The molecule has 0 saturated carbocycles. The van der Waals surface area contributed by atoms with E-state index in [2.05, 4.69) is 32.6 Å². The molecule has 0 aromatic rings. The van der Waals surface area contributed by atoms with Gasteiger partial charge in [0.05, 0.1) is 0 Å². The maximum atomic E-state index is 5.95. The molecule has 0 unspecified atom stereocenters. The van der Waals surface area contributed by atoms with Gasteiger partial charge in [-0.2, -0.15) is 0 Å². The van der Waals surface area contributed by atoms with Gasteiger partial charge in [-0.15, -0.1) is 0 Å². The summed E-state index contributed by atoms with van der Waals surface area (Å²) in [5.74, 6) is 0.612. The van der Waals surface area contributed by atoms with Gasteiger partial charge in [0.1, 0.15) is 0 Å². The molecule has 0 fully saturated rings. The van der Waals surface area contributed by atoms with Gasteiger partial charge in [-0.05, 0) is 32.0 Å². The molecule has 0 amide bonds. The second-order valence-corrected chi connectivity index (χ2v) is 3.72. The van der Waals surface area contributed by atoms with E-state index in [9.17, 15) is 0 Å². The molecule has 0 aliphatic carbocycles. The van der Waals surface area contributed by atoms with Crippen molar-refractivity contribution in [3.05, 3.63) is 0 Å². The fourth-order valence-electron chi connectivity index (χ4n) is 1.20. The minimum absolute atomic E-state index is 0.366. The van der Waals surface area contributed by atoms with Crippen molar-refractivity contribution in [1.29, 1.82) is 0 Å². The molecule has 2 heteroatoms. The lowest BCUT2D eigenvalue weighted by Crippen LogP contribution is -2.33. The van der Waals surface area contributed by atoms with Crippen LogP contribution in [0.5, 0.6) is 0 Å². The molecular formula is C10H24N2. The van der Waals surface area contributed by atoms with E-state index in [1.54, 1.807) is 0 Å². The summed E-state index contributed by atoms with van der Waals surface area (Å²) in [7, 11) is 0. The summed E-state index contributed by atoms with van der Waals surface area (Å²) < 4.78 is 0. The van der Waals surface area contributed by atoms with Crippen LogP contribution in [0.2, 0.25) is 0 Å². The molecule has 0 radical (unpaired) electrons. The largest absolute Gasteiger partial charge is 0.327 e. The monoisotopic (exact) mass is 172 g/mol. The zero-order chi connectivity index (χ0) is 9.56. The predicted molar refractivity (Wildman–Crippen MR) is 55.2 cm³/mol. The smallest absolute Gasteiger partial charge is 0.00740 e. The van der Waals surface area contributed by atoms with Crippen LogP contribution >= 0.6 is 0 Å². The molecule has 0 aliphatic heterocycles. The lowest BCUT2D eigenvalue weighted by molar-refractivity contribution is 0.278. The van der Waals surface area contributed by atoms with Gasteiger partial charge >= 0.3 is 0 Å². The van der Waals surface area contributed by atoms with Gasteiger partial charge in [0, 0.05) is 6.04 Å². The highest BCUT2D eigenvalue weighted by atomic mass is 15.1. The number of hydrogen-bond acceptors (Lipinski definition) is 2. The van der Waals surface area contributed by atoms with E-state index in [-0.39, 0.29) is 0 Å². The first kappa shape index (κ1) is 11.9. The Hall–Kier alpha value is -0.0800. The molecule has 74 valence electrons. The number of nitrogens with two attached hydrogens (primary N) is 1. The molecule has 0 aromatic heterocycles. The Morgan fingerprint density at radius 1 is 1.17 bits per heavy atom. The SMILES string of the molecule is CCN(CC)CC[C@H](N)C(C)C. The molecule has 0 bridgehead atoms. The second-order valence-electron chi connectivity index (χ2n) is 3.72. The quantitative estimate of drug-likeness (QED) is 0.661. The normalized spacial score (nSPS) is 14.2. The Bertz CT molecular complexity index is 96.0. The van der Waals surface area contributed by atoms with Gasteiger partial charge in [-0.3, -0.25) is 0 Å². The minimum Gasteiger partial charge on any atom is -0.327 e. The third-order valence-electron chi connectivity index (χ3n) is 2.53. The minimum atomic E-state index is 0.366. The summed E-state index contributed by atoms with van der Waals surface area (Å²) in [6.45, 7) is 12.2. The molecule has 12 heavy (non-hydrogen) atoms. The first-order valence-electron chi connectivity index (χ1n) is 5.09. The zero-order valence-electron chi connectivity index (χ0n) is 9.01. The van der Waals surface area contributed by atoms with E-state index >= 15 is 0 Å². The highest BCUT2D eigenvalue weighted by molar-refractivity contribution is 4.67. The molecule has 2 N–H and O–H groups in total. The van der Waals surface area contributed by atoms with Crippen LogP contribution in [0, 0.1) is 5.92 Å². The van der Waals surface area contributed by atoms with Crippen molar-refractivity contribution in [2.24, 2.45) is 11.7 Å². The molecular weight excluding hydrogens is 148 g/mol. The topological polar surface area (TPSA) is 29.3 Å². The maximum absolute atomic E-state index is 5.95. The Labute approximate surface area is 77.1 Å². The Morgan fingerprint density at radius 3 is 2.00 bits per heavy atom. The van der Waals surface area contributed by atoms with Crippen LogP contribution in [-0.2, 0) is 0 Å². The third kappa shape index (κ3) is 4.73. The molecule has 0 aliphatic rings.